The minimum Gasteiger partial charge on any atom is -0.449 e. The summed E-state index contributed by atoms with van der Waals surface area (Å²) in [5, 5.41) is 3.41. The average Bonchev–Trinajstić information content (AvgIpc) is 2.84. The van der Waals surface area contributed by atoms with Crippen LogP contribution in [-0.2, 0) is 9.53 Å². The second-order valence-electron chi connectivity index (χ2n) is 7.64. The predicted octanol–water partition coefficient (Wildman–Crippen LogP) is 4.86. The second-order valence-corrected chi connectivity index (χ2v) is 7.64. The van der Waals surface area contributed by atoms with Gasteiger partial charge in [-0.2, -0.15) is 0 Å². The Bertz CT molecular complexity index is 1290. The van der Waals surface area contributed by atoms with Gasteiger partial charge in [0, 0.05) is 23.3 Å². The molecule has 0 saturated carbocycles. The fraction of sp³-hybridized carbons (Fsp3) is 0.154. The minimum absolute atomic E-state index is 0.311. The number of benzene rings is 2. The fourth-order valence-electron chi connectivity index (χ4n) is 3.45. The number of pyridine rings is 2. The molecule has 2 atom stereocenters. The molecule has 0 aliphatic carbocycles. The number of ether oxygens (including phenoxy) is 1. The molecule has 33 heavy (non-hydrogen) atoms. The van der Waals surface area contributed by atoms with Crippen LogP contribution in [-0.4, -0.2) is 27.9 Å². The molecule has 1 amide bonds. The number of carbonyl (C=O) groups is 2. The van der Waals surface area contributed by atoms with E-state index >= 15 is 0 Å². The quantitative estimate of drug-likeness (QED) is 0.431. The van der Waals surface area contributed by atoms with Gasteiger partial charge in [0.2, 0.25) is 0 Å². The van der Waals surface area contributed by atoms with Gasteiger partial charge >= 0.3 is 5.97 Å². The van der Waals surface area contributed by atoms with Gasteiger partial charge in [-0.1, -0.05) is 30.3 Å². The summed E-state index contributed by atoms with van der Waals surface area (Å²) in [6.45, 7) is 3.28. The Hall–Kier alpha value is -4.13. The predicted molar refractivity (Wildman–Crippen MR) is 123 cm³/mol. The summed E-state index contributed by atoms with van der Waals surface area (Å²) in [6.07, 6.45) is 2.29. The number of amides is 1. The van der Waals surface area contributed by atoms with Crippen LogP contribution in [0.25, 0.3) is 22.2 Å². The molecule has 0 radical (unpaired) electrons. The van der Waals surface area contributed by atoms with E-state index in [-0.39, 0.29) is 11.9 Å². The van der Waals surface area contributed by atoms with Crippen molar-refractivity contribution >= 4 is 22.8 Å². The lowest BCUT2D eigenvalue weighted by molar-refractivity contribution is -0.129. The van der Waals surface area contributed by atoms with E-state index in [9.17, 15) is 14.0 Å². The van der Waals surface area contributed by atoms with Crippen LogP contribution in [0.2, 0.25) is 0 Å². The summed E-state index contributed by atoms with van der Waals surface area (Å²) in [5.41, 5.74) is 3.02. The van der Waals surface area contributed by atoms with Crippen LogP contribution < -0.4 is 5.32 Å². The van der Waals surface area contributed by atoms with E-state index in [0.29, 0.717) is 22.2 Å². The summed E-state index contributed by atoms with van der Waals surface area (Å²) < 4.78 is 18.6. The summed E-state index contributed by atoms with van der Waals surface area (Å²) in [5.74, 6) is -1.43. The molecule has 1 N–H and O–H groups in total. The zero-order chi connectivity index (χ0) is 23.4. The summed E-state index contributed by atoms with van der Waals surface area (Å²) in [4.78, 5) is 34.4. The maximum Gasteiger partial charge on any atom is 0.339 e. The second kappa shape index (κ2) is 9.56. The molecule has 7 heteroatoms. The molecule has 6 nitrogen and oxygen atoms in total. The number of hydrogen-bond donors (Lipinski definition) is 1. The first kappa shape index (κ1) is 22.1. The van der Waals surface area contributed by atoms with Gasteiger partial charge in [0.1, 0.15) is 5.82 Å². The van der Waals surface area contributed by atoms with E-state index < -0.39 is 18.0 Å². The van der Waals surface area contributed by atoms with Crippen molar-refractivity contribution in [2.24, 2.45) is 0 Å². The van der Waals surface area contributed by atoms with Gasteiger partial charge < -0.3 is 10.1 Å². The molecule has 0 aliphatic rings. The van der Waals surface area contributed by atoms with Crippen LogP contribution >= 0.6 is 0 Å². The number of fused-ring (bicyclic) bond motifs is 1. The lowest BCUT2D eigenvalue weighted by Gasteiger charge is -2.19. The average molecular weight is 443 g/mol. The van der Waals surface area contributed by atoms with Crippen molar-refractivity contribution in [1.82, 2.24) is 15.3 Å². The Kier molecular flexibility index (Phi) is 6.40. The molecule has 0 bridgehead atoms. The van der Waals surface area contributed by atoms with Crippen molar-refractivity contribution in [3.63, 3.8) is 0 Å². The highest BCUT2D eigenvalue weighted by Crippen LogP contribution is 2.25. The SMILES string of the molecule is CC(OC(=O)c1cc(-c2cccnc2)nc2ccccc12)C(=O)NC(C)c1ccc(F)cc1. The molecule has 166 valence electrons. The van der Waals surface area contributed by atoms with Gasteiger partial charge in [0.25, 0.3) is 5.91 Å². The van der Waals surface area contributed by atoms with E-state index in [4.69, 9.17) is 4.74 Å². The van der Waals surface area contributed by atoms with Gasteiger partial charge in [-0.05, 0) is 55.8 Å². The van der Waals surface area contributed by atoms with Crippen molar-refractivity contribution in [3.8, 4) is 11.3 Å². The Labute approximate surface area is 190 Å². The number of esters is 1. The van der Waals surface area contributed by atoms with Crippen molar-refractivity contribution in [2.75, 3.05) is 0 Å². The highest BCUT2D eigenvalue weighted by atomic mass is 19.1. The van der Waals surface area contributed by atoms with Crippen LogP contribution in [0.3, 0.4) is 0 Å². The first-order chi connectivity index (χ1) is 15.9. The Balaban J connectivity index is 1.54. The Morgan fingerprint density at radius 1 is 1.00 bits per heavy atom. The fourth-order valence-corrected chi connectivity index (χ4v) is 3.45. The molecule has 2 aromatic heterocycles. The maximum absolute atomic E-state index is 13.1. The molecular formula is C26H22FN3O3. The molecule has 2 unspecified atom stereocenters. The van der Waals surface area contributed by atoms with Crippen LogP contribution in [0, 0.1) is 5.82 Å². The van der Waals surface area contributed by atoms with Gasteiger partial charge in [-0.15, -0.1) is 0 Å². The van der Waals surface area contributed by atoms with Crippen LogP contribution in [0.15, 0.2) is 79.1 Å². The molecule has 0 aliphatic heterocycles. The number of halogens is 1. The number of para-hydroxylation sites is 1. The standard InChI is InChI=1S/C26H22FN3O3/c1-16(18-9-11-20(27)12-10-18)29-25(31)17(2)33-26(32)22-14-24(19-6-5-13-28-15-19)30-23-8-4-3-7-21(22)23/h3-17H,1-2H3,(H,29,31). The van der Waals surface area contributed by atoms with Crippen molar-refractivity contribution in [3.05, 3.63) is 96.1 Å². The highest BCUT2D eigenvalue weighted by molar-refractivity contribution is 6.05. The van der Waals surface area contributed by atoms with Crippen LogP contribution in [0.4, 0.5) is 4.39 Å². The van der Waals surface area contributed by atoms with Crippen molar-refractivity contribution in [2.45, 2.75) is 26.0 Å². The van der Waals surface area contributed by atoms with E-state index in [1.807, 2.05) is 24.3 Å². The highest BCUT2D eigenvalue weighted by Gasteiger charge is 2.23. The number of aromatic nitrogens is 2. The summed E-state index contributed by atoms with van der Waals surface area (Å²) in [7, 11) is 0. The lowest BCUT2D eigenvalue weighted by atomic mass is 10.0. The third-order valence-corrected chi connectivity index (χ3v) is 5.28. The summed E-state index contributed by atoms with van der Waals surface area (Å²) >= 11 is 0. The van der Waals surface area contributed by atoms with Crippen molar-refractivity contribution in [1.29, 1.82) is 0 Å². The van der Waals surface area contributed by atoms with Gasteiger partial charge in [-0.25, -0.2) is 14.2 Å². The largest absolute Gasteiger partial charge is 0.449 e. The lowest BCUT2D eigenvalue weighted by Crippen LogP contribution is -2.37. The Morgan fingerprint density at radius 2 is 1.76 bits per heavy atom. The molecule has 0 saturated heterocycles. The third kappa shape index (κ3) is 5.03. The van der Waals surface area contributed by atoms with E-state index in [2.05, 4.69) is 15.3 Å². The number of carbonyl (C=O) groups excluding carboxylic acids is 2. The topological polar surface area (TPSA) is 81.2 Å². The molecule has 4 rings (SSSR count). The monoisotopic (exact) mass is 443 g/mol. The molecule has 0 fully saturated rings. The number of nitrogens with one attached hydrogen (secondary N) is 1. The molecular weight excluding hydrogens is 421 g/mol. The van der Waals surface area contributed by atoms with E-state index in [1.54, 1.807) is 49.6 Å². The molecule has 2 heterocycles. The smallest absolute Gasteiger partial charge is 0.339 e. The van der Waals surface area contributed by atoms with Gasteiger partial charge in [0.05, 0.1) is 22.8 Å². The maximum atomic E-state index is 13.1. The number of rotatable bonds is 6. The van der Waals surface area contributed by atoms with E-state index in [1.165, 1.54) is 19.1 Å². The number of nitrogens with zero attached hydrogens (tertiary/aromatic N) is 2. The number of hydrogen-bond acceptors (Lipinski definition) is 5. The first-order valence-electron chi connectivity index (χ1n) is 10.5. The minimum atomic E-state index is -1.03. The van der Waals surface area contributed by atoms with Crippen LogP contribution in [0.5, 0.6) is 0 Å². The Morgan fingerprint density at radius 3 is 2.48 bits per heavy atom. The molecule has 4 aromatic rings. The van der Waals surface area contributed by atoms with Crippen LogP contribution in [0.1, 0.15) is 35.8 Å². The zero-order valence-corrected chi connectivity index (χ0v) is 18.2. The van der Waals surface area contributed by atoms with E-state index in [0.717, 1.165) is 11.1 Å². The molecule has 0 spiro atoms. The third-order valence-electron chi connectivity index (χ3n) is 5.28. The summed E-state index contributed by atoms with van der Waals surface area (Å²) in [6, 6.07) is 18.0. The molecule has 2 aromatic carbocycles. The normalized spacial score (nSPS) is 12.7. The zero-order valence-electron chi connectivity index (χ0n) is 18.2. The van der Waals surface area contributed by atoms with Crippen molar-refractivity contribution < 1.29 is 18.7 Å². The van der Waals surface area contributed by atoms with Gasteiger partial charge in [0.15, 0.2) is 6.10 Å². The first-order valence-corrected chi connectivity index (χ1v) is 10.5. The van der Waals surface area contributed by atoms with Gasteiger partial charge in [-0.3, -0.25) is 9.78 Å².